The third-order valence-corrected chi connectivity index (χ3v) is 12.5. The summed E-state index contributed by atoms with van der Waals surface area (Å²) in [6.07, 6.45) is 3.22. The predicted molar refractivity (Wildman–Crippen MR) is 205 cm³/mol. The van der Waals surface area contributed by atoms with E-state index in [-0.39, 0.29) is 48.4 Å². The van der Waals surface area contributed by atoms with Gasteiger partial charge in [-0.05, 0) is 90.3 Å². The van der Waals surface area contributed by atoms with Gasteiger partial charge in [0.2, 0.25) is 11.8 Å². The molecule has 3 aromatic rings. The zero-order valence-electron chi connectivity index (χ0n) is 31.6. The van der Waals surface area contributed by atoms with Crippen LogP contribution < -0.4 is 20.7 Å². The van der Waals surface area contributed by atoms with E-state index in [2.05, 4.69) is 74.8 Å². The van der Waals surface area contributed by atoms with Gasteiger partial charge in [-0.3, -0.25) is 9.59 Å². The highest BCUT2D eigenvalue weighted by molar-refractivity contribution is 6.19. The third-order valence-electron chi connectivity index (χ3n) is 12.5. The molecular weight excluding hydrogens is 637 g/mol. The minimum Gasteiger partial charge on any atom is -0.497 e. The number of methoxy groups -OCH3 is 1. The van der Waals surface area contributed by atoms with Crippen LogP contribution in [0.5, 0.6) is 5.75 Å². The maximum absolute atomic E-state index is 14.5. The molecule has 3 saturated carbocycles. The lowest BCUT2D eigenvalue weighted by molar-refractivity contribution is -0.289. The first kappa shape index (κ1) is 37.0. The van der Waals surface area contributed by atoms with Gasteiger partial charge in [0.05, 0.1) is 18.8 Å². The van der Waals surface area contributed by atoms with Crippen molar-refractivity contribution in [3.63, 3.8) is 0 Å². The topological polar surface area (TPSA) is 97.9 Å². The lowest BCUT2D eigenvalue weighted by atomic mass is 9.32. The van der Waals surface area contributed by atoms with Gasteiger partial charge in [-0.2, -0.15) is 0 Å². The monoisotopic (exact) mass is 693 g/mol. The first-order valence-corrected chi connectivity index (χ1v) is 18.7. The molecule has 0 radical (unpaired) electrons. The molecule has 1 aliphatic heterocycles. The Balaban J connectivity index is 1.26. The Bertz CT molecular complexity index is 1680. The fourth-order valence-electron chi connectivity index (χ4n) is 9.49. The number of amides is 2. The smallest absolute Gasteiger partial charge is 0.438 e. The van der Waals surface area contributed by atoms with Crippen LogP contribution in [-0.4, -0.2) is 56.4 Å². The molecule has 7 rings (SSSR count). The lowest BCUT2D eigenvalue weighted by Crippen LogP contribution is -2.79. The van der Waals surface area contributed by atoms with Gasteiger partial charge in [0.25, 0.3) is 0 Å². The van der Waals surface area contributed by atoms with Gasteiger partial charge in [-0.15, -0.1) is 0 Å². The van der Waals surface area contributed by atoms with Gasteiger partial charge in [0.1, 0.15) is 17.8 Å². The maximum atomic E-state index is 14.5. The molecule has 7 atom stereocenters. The molecule has 1 saturated heterocycles. The summed E-state index contributed by atoms with van der Waals surface area (Å²) in [5, 5.41) is 10.2. The molecule has 3 aliphatic carbocycles. The molecule has 0 aromatic heterocycles. The summed E-state index contributed by atoms with van der Waals surface area (Å²) in [7, 11) is 1.93. The van der Waals surface area contributed by atoms with Crippen molar-refractivity contribution in [2.24, 2.45) is 28.6 Å². The number of carbonyl (C=O) groups is 2. The van der Waals surface area contributed by atoms with Gasteiger partial charge >= 0.3 is 7.69 Å². The molecule has 3 N–H and O–H groups in total. The van der Waals surface area contributed by atoms with E-state index in [0.717, 1.165) is 47.4 Å². The number of hydrogen-bond acceptors (Lipinski definition) is 6. The Hall–Kier alpha value is -3.82. The van der Waals surface area contributed by atoms with Crippen LogP contribution in [-0.2, 0) is 25.3 Å². The number of benzene rings is 3. The Labute approximate surface area is 305 Å². The highest BCUT2D eigenvalue weighted by Crippen LogP contribution is 2.74. The van der Waals surface area contributed by atoms with Crippen molar-refractivity contribution in [1.29, 1.82) is 0 Å². The highest BCUT2D eigenvalue weighted by atomic mass is 16.6. The van der Waals surface area contributed by atoms with E-state index in [1.54, 1.807) is 7.11 Å². The van der Waals surface area contributed by atoms with Crippen LogP contribution in [0.25, 0.3) is 11.1 Å². The molecule has 4 aliphatic rings. The van der Waals surface area contributed by atoms with Gasteiger partial charge in [-0.25, -0.2) is 0 Å². The van der Waals surface area contributed by atoms with E-state index in [1.165, 1.54) is 0 Å². The predicted octanol–water partition coefficient (Wildman–Crippen LogP) is 6.93. The van der Waals surface area contributed by atoms with Crippen molar-refractivity contribution in [2.75, 3.05) is 12.4 Å². The van der Waals surface area contributed by atoms with Crippen molar-refractivity contribution in [3.8, 4) is 16.9 Å². The number of ether oxygens (including phenoxy) is 1. The van der Waals surface area contributed by atoms with E-state index in [1.807, 2.05) is 68.4 Å². The molecule has 2 amide bonds. The van der Waals surface area contributed by atoms with Gasteiger partial charge in [-0.1, -0.05) is 96.1 Å². The average molecular weight is 694 g/mol. The number of nitrogens with one attached hydrogen (secondary N) is 3. The molecule has 8 nitrogen and oxygen atoms in total. The molecule has 3 aromatic carbocycles. The first-order chi connectivity index (χ1) is 24.3. The van der Waals surface area contributed by atoms with Crippen molar-refractivity contribution >= 4 is 25.2 Å². The van der Waals surface area contributed by atoms with E-state index in [0.29, 0.717) is 18.3 Å². The number of rotatable bonds is 14. The van der Waals surface area contributed by atoms with E-state index >= 15 is 0 Å². The summed E-state index contributed by atoms with van der Waals surface area (Å²) in [6, 6.07) is 24.5. The Morgan fingerprint density at radius 1 is 0.902 bits per heavy atom. The van der Waals surface area contributed by atoms with Crippen molar-refractivity contribution in [1.82, 2.24) is 10.6 Å². The second kappa shape index (κ2) is 14.7. The Morgan fingerprint density at radius 2 is 1.61 bits per heavy atom. The normalized spacial score (nSPS) is 26.2. The summed E-state index contributed by atoms with van der Waals surface area (Å²) in [5.74, 6) is 1.08. The summed E-state index contributed by atoms with van der Waals surface area (Å²) < 4.78 is 18.0. The van der Waals surface area contributed by atoms with Gasteiger partial charge in [0, 0.05) is 23.6 Å². The van der Waals surface area contributed by atoms with Crippen molar-refractivity contribution in [3.05, 3.63) is 84.4 Å². The number of carbonyl (C=O) groups excluding carboxylic acids is 2. The van der Waals surface area contributed by atoms with Crippen LogP contribution in [0.3, 0.4) is 0 Å². The summed E-state index contributed by atoms with van der Waals surface area (Å²) >= 11 is 0. The van der Waals surface area contributed by atoms with Crippen molar-refractivity contribution < 1.29 is 23.6 Å². The molecule has 0 spiro atoms. The lowest BCUT2D eigenvalue weighted by Gasteiger charge is -2.75. The maximum Gasteiger partial charge on any atom is 0.438 e. The zero-order valence-corrected chi connectivity index (χ0v) is 31.6. The third kappa shape index (κ3) is 6.92. The number of anilines is 1. The van der Waals surface area contributed by atoms with Crippen LogP contribution in [0, 0.1) is 28.6 Å². The van der Waals surface area contributed by atoms with Crippen LogP contribution in [0.2, 0.25) is 0 Å². The summed E-state index contributed by atoms with van der Waals surface area (Å²) in [6.45, 7) is 15.3. The van der Waals surface area contributed by atoms with Crippen molar-refractivity contribution in [2.45, 2.75) is 104 Å². The fourth-order valence-corrected chi connectivity index (χ4v) is 9.49. The van der Waals surface area contributed by atoms with Crippen LogP contribution in [0.4, 0.5) is 5.69 Å². The molecule has 4 fully saturated rings. The second-order valence-electron chi connectivity index (χ2n) is 16.5. The molecule has 51 heavy (non-hydrogen) atoms. The largest absolute Gasteiger partial charge is 0.497 e. The standard InChI is InChI=1S/C42H56BN3O5/c1-26(2)21-35(42-25-31(40(42,5)6)24-36-41(42,7)51-43-50-36)45-39(48)37(27(3)4)46-38(47)34(22-28-17-19-33(49-8)20-18-28)44-32-16-12-15-30(23-32)29-13-10-9-11-14-29/h9-20,23,26-27,31,34-37,43-44H,21-22,24-25H2,1-8H3,(H,45,48)(H,46,47)/t31-,34+,35-,36-,37+,41-,42-/m1/s1. The Kier molecular flexibility index (Phi) is 10.6. The summed E-state index contributed by atoms with van der Waals surface area (Å²) in [5.41, 5.74) is 3.11. The number of hydrogen-bond donors (Lipinski definition) is 3. The average Bonchev–Trinajstić information content (AvgIpc) is 3.51. The molecule has 1 heterocycles. The Morgan fingerprint density at radius 3 is 2.25 bits per heavy atom. The highest BCUT2D eigenvalue weighted by Gasteiger charge is 2.77. The van der Waals surface area contributed by atoms with Gasteiger partial charge < -0.3 is 30.0 Å². The fraction of sp³-hybridized carbons (Fsp3) is 0.524. The SMILES string of the molecule is COc1ccc(C[C@H](Nc2cccc(-c3ccccc3)c2)C(=O)N[C@H](C(=O)N[C@H](CC(C)C)[C@@]23C[C@@H](C[C@H]4OBO[C@]42C)C3(C)C)C(C)C)cc1. The second-order valence-corrected chi connectivity index (χ2v) is 16.5. The summed E-state index contributed by atoms with van der Waals surface area (Å²) in [4.78, 5) is 28.9. The van der Waals surface area contributed by atoms with E-state index in [9.17, 15) is 9.59 Å². The van der Waals surface area contributed by atoms with Gasteiger partial charge in [0.15, 0.2) is 0 Å². The van der Waals surface area contributed by atoms with Crippen LogP contribution in [0.15, 0.2) is 78.9 Å². The first-order valence-electron chi connectivity index (χ1n) is 18.7. The van der Waals surface area contributed by atoms with Crippen LogP contribution in [0.1, 0.15) is 73.3 Å². The molecule has 0 unspecified atom stereocenters. The van der Waals surface area contributed by atoms with E-state index in [4.69, 9.17) is 14.0 Å². The molecule has 272 valence electrons. The molecule has 9 heteroatoms. The van der Waals surface area contributed by atoms with Crippen LogP contribution >= 0.6 is 0 Å². The molecular formula is C42H56BN3O5. The zero-order chi connectivity index (χ0) is 36.6. The molecule has 2 bridgehead atoms. The minimum atomic E-state index is -0.730. The minimum absolute atomic E-state index is 0.0154. The van der Waals surface area contributed by atoms with E-state index < -0.39 is 17.7 Å². The quantitative estimate of drug-likeness (QED) is 0.159.